The van der Waals surface area contributed by atoms with E-state index in [0.717, 1.165) is 32.7 Å². The summed E-state index contributed by atoms with van der Waals surface area (Å²) in [6.45, 7) is 4.69. The molecule has 1 aliphatic heterocycles. The van der Waals surface area contributed by atoms with Crippen molar-refractivity contribution in [2.24, 2.45) is 0 Å². The molecule has 8 heteroatoms. The molecule has 1 aliphatic rings. The van der Waals surface area contributed by atoms with E-state index in [0.29, 0.717) is 11.7 Å². The molecule has 5 rings (SSSR count). The van der Waals surface area contributed by atoms with Gasteiger partial charge < -0.3 is 9.30 Å². The van der Waals surface area contributed by atoms with Crippen molar-refractivity contribution in [1.29, 1.82) is 0 Å². The first-order chi connectivity index (χ1) is 16.7. The minimum absolute atomic E-state index is 0.00554. The predicted octanol–water partition coefficient (Wildman–Crippen LogP) is 6.36. The monoisotopic (exact) mass is 488 g/mol. The third-order valence-corrected chi connectivity index (χ3v) is 7.57. The van der Waals surface area contributed by atoms with Crippen molar-refractivity contribution in [2.75, 3.05) is 10.7 Å². The molecule has 4 aromatic rings. The molecule has 1 amide bonds. The largest absolute Gasteiger partial charge is 0.483 e. The van der Waals surface area contributed by atoms with E-state index < -0.39 is 0 Å². The van der Waals surface area contributed by atoms with Crippen molar-refractivity contribution in [2.45, 2.75) is 41.4 Å². The van der Waals surface area contributed by atoms with Gasteiger partial charge in [-0.05, 0) is 50.2 Å². The predicted molar refractivity (Wildman–Crippen MR) is 136 cm³/mol. The van der Waals surface area contributed by atoms with Gasteiger partial charge >= 0.3 is 0 Å². The van der Waals surface area contributed by atoms with E-state index in [1.54, 1.807) is 11.8 Å². The van der Waals surface area contributed by atoms with Crippen LogP contribution in [0.3, 0.4) is 0 Å². The fraction of sp³-hybridized carbons (Fsp3) is 0.192. The molecule has 3 aromatic carbocycles. The van der Waals surface area contributed by atoms with Crippen LogP contribution in [0.15, 0.2) is 93.8 Å². The molecule has 0 bridgehead atoms. The van der Waals surface area contributed by atoms with Gasteiger partial charge in [0.2, 0.25) is 5.91 Å². The molecular formula is C26H24N4O2S2. The zero-order valence-corrected chi connectivity index (χ0v) is 20.6. The van der Waals surface area contributed by atoms with Gasteiger partial charge in [-0.25, -0.2) is 0 Å². The maximum absolute atomic E-state index is 13.5. The number of rotatable bonds is 7. The number of para-hydroxylation sites is 3. The van der Waals surface area contributed by atoms with Crippen LogP contribution in [0.5, 0.6) is 5.75 Å². The second-order valence-electron chi connectivity index (χ2n) is 7.71. The minimum Gasteiger partial charge on any atom is -0.483 e. The summed E-state index contributed by atoms with van der Waals surface area (Å²) in [5.41, 5.74) is 1.83. The van der Waals surface area contributed by atoms with Gasteiger partial charge in [0.05, 0.1) is 17.1 Å². The van der Waals surface area contributed by atoms with Gasteiger partial charge in [0.15, 0.2) is 17.1 Å². The van der Waals surface area contributed by atoms with Gasteiger partial charge in [-0.1, -0.05) is 66.0 Å². The van der Waals surface area contributed by atoms with Crippen LogP contribution in [-0.2, 0) is 11.3 Å². The quantitative estimate of drug-likeness (QED) is 0.282. The van der Waals surface area contributed by atoms with Crippen molar-refractivity contribution in [3.63, 3.8) is 0 Å². The Hall–Kier alpha value is -3.23. The van der Waals surface area contributed by atoms with Crippen LogP contribution in [-0.4, -0.2) is 26.4 Å². The molecule has 1 aromatic heterocycles. The summed E-state index contributed by atoms with van der Waals surface area (Å²) in [6.07, 6.45) is -0.266. The molecule has 0 radical (unpaired) electrons. The standard InChI is InChI=1S/C26H24N4O2S2/c1-3-29-25(18(2)32-19-11-5-4-6-12-19)27-28-26(29)33-17-24(31)30-20-13-7-9-15-22(20)34-23-16-10-8-14-21(23)30/h4-16,18H,3,17H2,1-2H3/t18-/m1/s1. The minimum atomic E-state index is -0.266. The van der Waals surface area contributed by atoms with Crippen LogP contribution in [0, 0.1) is 0 Å². The smallest absolute Gasteiger partial charge is 0.242 e. The first-order valence-corrected chi connectivity index (χ1v) is 12.9. The lowest BCUT2D eigenvalue weighted by Gasteiger charge is -2.30. The molecule has 172 valence electrons. The van der Waals surface area contributed by atoms with E-state index in [2.05, 4.69) is 22.3 Å². The van der Waals surface area contributed by atoms with Crippen molar-refractivity contribution in [1.82, 2.24) is 14.8 Å². The first kappa shape index (κ1) is 22.6. The van der Waals surface area contributed by atoms with Crippen LogP contribution >= 0.6 is 23.5 Å². The zero-order valence-electron chi connectivity index (χ0n) is 18.9. The Morgan fingerprint density at radius 3 is 2.21 bits per heavy atom. The third kappa shape index (κ3) is 4.43. The summed E-state index contributed by atoms with van der Waals surface area (Å²) in [4.78, 5) is 17.5. The number of nitrogens with zero attached hydrogens (tertiary/aromatic N) is 4. The summed E-state index contributed by atoms with van der Waals surface area (Å²) in [5, 5.41) is 9.47. The highest BCUT2D eigenvalue weighted by Gasteiger charge is 2.28. The number of carbonyl (C=O) groups is 1. The third-order valence-electron chi connectivity index (χ3n) is 5.49. The highest BCUT2D eigenvalue weighted by atomic mass is 32.2. The van der Waals surface area contributed by atoms with Crippen molar-refractivity contribution >= 4 is 40.8 Å². The van der Waals surface area contributed by atoms with Gasteiger partial charge in [-0.2, -0.15) is 0 Å². The number of thioether (sulfide) groups is 1. The molecule has 0 N–H and O–H groups in total. The zero-order chi connectivity index (χ0) is 23.5. The molecule has 6 nitrogen and oxygen atoms in total. The Kier molecular flexibility index (Phi) is 6.60. The van der Waals surface area contributed by atoms with E-state index >= 15 is 0 Å². The second kappa shape index (κ2) is 9.95. The summed E-state index contributed by atoms with van der Waals surface area (Å²) in [7, 11) is 0. The van der Waals surface area contributed by atoms with E-state index in [1.165, 1.54) is 11.8 Å². The summed E-state index contributed by atoms with van der Waals surface area (Å²) >= 11 is 3.09. The van der Waals surface area contributed by atoms with Crippen molar-refractivity contribution < 1.29 is 9.53 Å². The van der Waals surface area contributed by atoms with Gasteiger partial charge in [0.1, 0.15) is 5.75 Å². The highest BCUT2D eigenvalue weighted by molar-refractivity contribution is 8.00. The van der Waals surface area contributed by atoms with Gasteiger partial charge in [-0.3, -0.25) is 9.69 Å². The molecule has 0 aliphatic carbocycles. The number of benzene rings is 3. The molecule has 0 saturated heterocycles. The van der Waals surface area contributed by atoms with Crippen molar-refractivity contribution in [3.8, 4) is 5.75 Å². The van der Waals surface area contributed by atoms with Crippen LogP contribution < -0.4 is 9.64 Å². The molecule has 0 fully saturated rings. The Balaban J connectivity index is 1.35. The lowest BCUT2D eigenvalue weighted by Crippen LogP contribution is -2.30. The van der Waals surface area contributed by atoms with Crippen LogP contribution in [0.2, 0.25) is 0 Å². The number of ether oxygens (including phenoxy) is 1. The molecule has 1 atom stereocenters. The lowest BCUT2D eigenvalue weighted by atomic mass is 10.2. The summed E-state index contributed by atoms with van der Waals surface area (Å²) < 4.78 is 8.06. The number of hydrogen-bond donors (Lipinski definition) is 0. The molecule has 34 heavy (non-hydrogen) atoms. The average molecular weight is 489 g/mol. The number of hydrogen-bond acceptors (Lipinski definition) is 6. The molecule has 0 saturated carbocycles. The maximum atomic E-state index is 13.5. The van der Waals surface area contributed by atoms with Crippen LogP contribution in [0.25, 0.3) is 0 Å². The van der Waals surface area contributed by atoms with Gasteiger partial charge in [0, 0.05) is 16.3 Å². The average Bonchev–Trinajstić information content (AvgIpc) is 3.29. The Labute approximate surface area is 207 Å². The highest BCUT2D eigenvalue weighted by Crippen LogP contribution is 2.48. The number of amides is 1. The number of carbonyl (C=O) groups excluding carboxylic acids is 1. The fourth-order valence-electron chi connectivity index (χ4n) is 3.92. The Bertz CT molecular complexity index is 1260. The number of fused-ring (bicyclic) bond motifs is 2. The molecule has 2 heterocycles. The molecule has 0 unspecified atom stereocenters. The fourth-order valence-corrected chi connectivity index (χ4v) is 5.84. The normalized spacial score (nSPS) is 13.2. The van der Waals surface area contributed by atoms with E-state index in [4.69, 9.17) is 4.74 Å². The van der Waals surface area contributed by atoms with Crippen LogP contribution in [0.1, 0.15) is 25.8 Å². The second-order valence-corrected chi connectivity index (χ2v) is 9.74. The lowest BCUT2D eigenvalue weighted by molar-refractivity contribution is -0.115. The summed E-state index contributed by atoms with van der Waals surface area (Å²) in [6, 6.07) is 25.7. The van der Waals surface area contributed by atoms with Crippen LogP contribution in [0.4, 0.5) is 11.4 Å². The summed E-state index contributed by atoms with van der Waals surface area (Å²) in [5.74, 6) is 1.78. The maximum Gasteiger partial charge on any atom is 0.242 e. The van der Waals surface area contributed by atoms with Crippen molar-refractivity contribution in [3.05, 3.63) is 84.7 Å². The Morgan fingerprint density at radius 1 is 0.941 bits per heavy atom. The van der Waals surface area contributed by atoms with E-state index in [-0.39, 0.29) is 17.8 Å². The molecule has 0 spiro atoms. The SMILES string of the molecule is CCn1c(SCC(=O)N2c3ccccc3Sc3ccccc32)nnc1[C@@H](C)Oc1ccccc1. The first-order valence-electron chi connectivity index (χ1n) is 11.1. The van der Waals surface area contributed by atoms with E-state index in [9.17, 15) is 4.79 Å². The Morgan fingerprint density at radius 2 is 1.56 bits per heavy atom. The van der Waals surface area contributed by atoms with E-state index in [1.807, 2.05) is 90.0 Å². The topological polar surface area (TPSA) is 60.2 Å². The molecular weight excluding hydrogens is 464 g/mol. The van der Waals surface area contributed by atoms with Gasteiger partial charge in [-0.15, -0.1) is 10.2 Å². The number of aromatic nitrogens is 3. The number of anilines is 2. The van der Waals surface area contributed by atoms with Gasteiger partial charge in [0.25, 0.3) is 0 Å².